The van der Waals surface area contributed by atoms with Crippen molar-refractivity contribution in [1.82, 2.24) is 24.3 Å². The Morgan fingerprint density at radius 3 is 2.52 bits per heavy atom. The Morgan fingerprint density at radius 1 is 0.932 bits per heavy atom. The lowest BCUT2D eigenvalue weighted by atomic mass is 10.1. The molecule has 3 aromatic heterocycles. The Balaban J connectivity index is 1.27. The molecule has 8 nitrogen and oxygen atoms in total. The lowest BCUT2D eigenvalue weighted by Crippen LogP contribution is -2.11. The van der Waals surface area contributed by atoms with Crippen LogP contribution in [0, 0.1) is 18.6 Å². The van der Waals surface area contributed by atoms with Gasteiger partial charge >= 0.3 is 5.97 Å². The molecule has 0 bridgehead atoms. The fourth-order valence-electron chi connectivity index (χ4n) is 5.16. The third-order valence-corrected chi connectivity index (χ3v) is 7.50. The molecule has 222 valence electrons. The van der Waals surface area contributed by atoms with Crippen molar-refractivity contribution in [3.63, 3.8) is 0 Å². The minimum Gasteiger partial charge on any atom is -0.478 e. The third kappa shape index (κ3) is 5.92. The van der Waals surface area contributed by atoms with Crippen LogP contribution in [0.5, 0.6) is 5.88 Å². The first-order valence-corrected chi connectivity index (χ1v) is 14.2. The smallest absolute Gasteiger partial charge is 0.335 e. The highest BCUT2D eigenvalue weighted by Crippen LogP contribution is 2.26. The van der Waals surface area contributed by atoms with Gasteiger partial charge in [-0.15, -0.1) is 0 Å². The van der Waals surface area contributed by atoms with Crippen LogP contribution in [0.4, 0.5) is 8.78 Å². The van der Waals surface area contributed by atoms with Crippen molar-refractivity contribution >= 4 is 17.0 Å². The van der Waals surface area contributed by atoms with Gasteiger partial charge in [0.2, 0.25) is 5.88 Å². The second-order valence-corrected chi connectivity index (χ2v) is 10.5. The molecule has 0 spiro atoms. The molecule has 0 aliphatic rings. The van der Waals surface area contributed by atoms with E-state index in [1.165, 1.54) is 18.2 Å². The van der Waals surface area contributed by atoms with E-state index in [-0.39, 0.29) is 24.4 Å². The number of aromatic nitrogens is 5. The highest BCUT2D eigenvalue weighted by atomic mass is 19.1. The lowest BCUT2D eigenvalue weighted by molar-refractivity contribution is 0.0697. The maximum atomic E-state index is 15.6. The van der Waals surface area contributed by atoms with Crippen molar-refractivity contribution in [1.29, 1.82) is 0 Å². The second kappa shape index (κ2) is 12.1. The zero-order valence-corrected chi connectivity index (χ0v) is 24.2. The molecule has 0 saturated carbocycles. The van der Waals surface area contributed by atoms with Crippen LogP contribution in [0.3, 0.4) is 0 Å². The molecule has 3 heterocycles. The SMILES string of the molecule is CCn1nccc1Cn1c(Cc2ccc(-c3cccc(OCc4ccc(C)cc4F)n3)cc2F)nc2ccc(C(=O)O)cc21. The highest BCUT2D eigenvalue weighted by Gasteiger charge is 2.18. The van der Waals surface area contributed by atoms with E-state index in [2.05, 4.69) is 10.1 Å². The van der Waals surface area contributed by atoms with Crippen LogP contribution in [-0.2, 0) is 26.1 Å². The molecule has 0 aliphatic carbocycles. The van der Waals surface area contributed by atoms with Crippen molar-refractivity contribution in [2.24, 2.45) is 0 Å². The average Bonchev–Trinajstić information content (AvgIpc) is 3.61. The second-order valence-electron chi connectivity index (χ2n) is 10.5. The van der Waals surface area contributed by atoms with E-state index in [1.807, 2.05) is 35.2 Å². The first kappa shape index (κ1) is 28.7. The Kier molecular flexibility index (Phi) is 7.89. The zero-order valence-electron chi connectivity index (χ0n) is 24.2. The summed E-state index contributed by atoms with van der Waals surface area (Å²) in [5, 5.41) is 13.9. The van der Waals surface area contributed by atoms with E-state index >= 15 is 4.39 Å². The summed E-state index contributed by atoms with van der Waals surface area (Å²) in [7, 11) is 0. The van der Waals surface area contributed by atoms with Crippen LogP contribution in [0.2, 0.25) is 0 Å². The van der Waals surface area contributed by atoms with E-state index in [4.69, 9.17) is 9.72 Å². The van der Waals surface area contributed by atoms with Crippen LogP contribution in [0.25, 0.3) is 22.3 Å². The first-order chi connectivity index (χ1) is 21.3. The summed E-state index contributed by atoms with van der Waals surface area (Å²) in [6.07, 6.45) is 1.90. The highest BCUT2D eigenvalue weighted by molar-refractivity contribution is 5.92. The topological polar surface area (TPSA) is 95.1 Å². The third-order valence-electron chi connectivity index (χ3n) is 7.50. The predicted octanol–water partition coefficient (Wildman–Crippen LogP) is 6.82. The van der Waals surface area contributed by atoms with Gasteiger partial charge in [-0.05, 0) is 67.4 Å². The first-order valence-electron chi connectivity index (χ1n) is 14.2. The number of fused-ring (bicyclic) bond motifs is 1. The number of imidazole rings is 1. The molecule has 0 unspecified atom stereocenters. The van der Waals surface area contributed by atoms with Crippen LogP contribution < -0.4 is 4.74 Å². The molecular formula is C34H29F2N5O3. The largest absolute Gasteiger partial charge is 0.478 e. The summed E-state index contributed by atoms with van der Waals surface area (Å²) < 4.78 is 39.3. The summed E-state index contributed by atoms with van der Waals surface area (Å²) in [5.74, 6) is -0.916. The number of carboxylic acids is 1. The van der Waals surface area contributed by atoms with Gasteiger partial charge in [0, 0.05) is 36.4 Å². The molecule has 6 aromatic rings. The number of aryl methyl sites for hydroxylation is 2. The fourth-order valence-corrected chi connectivity index (χ4v) is 5.16. The number of carbonyl (C=O) groups is 1. The number of benzene rings is 3. The van der Waals surface area contributed by atoms with Gasteiger partial charge in [0.15, 0.2) is 0 Å². The van der Waals surface area contributed by atoms with E-state index in [0.29, 0.717) is 58.2 Å². The number of halogens is 2. The number of nitrogens with zero attached hydrogens (tertiary/aromatic N) is 5. The molecule has 0 radical (unpaired) electrons. The number of aromatic carboxylic acids is 1. The van der Waals surface area contributed by atoms with Gasteiger partial charge < -0.3 is 14.4 Å². The summed E-state index contributed by atoms with van der Waals surface area (Å²) in [4.78, 5) is 20.9. The van der Waals surface area contributed by atoms with E-state index in [9.17, 15) is 14.3 Å². The number of carboxylic acid groups (broad SMARTS) is 1. The lowest BCUT2D eigenvalue weighted by Gasteiger charge is -2.12. The fraction of sp³-hybridized carbons (Fsp3) is 0.176. The van der Waals surface area contributed by atoms with Crippen molar-refractivity contribution in [2.45, 2.75) is 40.0 Å². The quantitative estimate of drug-likeness (QED) is 0.187. The molecule has 0 atom stereocenters. The van der Waals surface area contributed by atoms with Gasteiger partial charge in [-0.2, -0.15) is 5.10 Å². The van der Waals surface area contributed by atoms with Crippen LogP contribution in [0.1, 0.15) is 45.5 Å². The van der Waals surface area contributed by atoms with Gasteiger partial charge in [0.1, 0.15) is 24.1 Å². The maximum absolute atomic E-state index is 15.6. The van der Waals surface area contributed by atoms with Gasteiger partial charge in [-0.1, -0.05) is 30.3 Å². The van der Waals surface area contributed by atoms with Gasteiger partial charge in [-0.3, -0.25) is 4.68 Å². The monoisotopic (exact) mass is 593 g/mol. The van der Waals surface area contributed by atoms with Gasteiger partial charge in [0.25, 0.3) is 0 Å². The molecule has 6 rings (SSSR count). The molecule has 0 amide bonds. The summed E-state index contributed by atoms with van der Waals surface area (Å²) in [5.41, 5.74) is 5.07. The molecule has 0 fully saturated rings. The Hall–Kier alpha value is -5.38. The van der Waals surface area contributed by atoms with Crippen molar-refractivity contribution in [3.8, 4) is 17.1 Å². The molecule has 0 saturated heterocycles. The number of hydrogen-bond acceptors (Lipinski definition) is 5. The van der Waals surface area contributed by atoms with Crippen LogP contribution in [-0.4, -0.2) is 35.4 Å². The zero-order chi connectivity index (χ0) is 30.8. The van der Waals surface area contributed by atoms with Gasteiger partial charge in [-0.25, -0.2) is 23.5 Å². The number of ether oxygens (including phenoxy) is 1. The predicted molar refractivity (Wildman–Crippen MR) is 162 cm³/mol. The van der Waals surface area contributed by atoms with Crippen molar-refractivity contribution in [3.05, 3.63) is 130 Å². The molecule has 44 heavy (non-hydrogen) atoms. The number of pyridine rings is 1. The number of rotatable bonds is 10. The van der Waals surface area contributed by atoms with E-state index < -0.39 is 11.8 Å². The molecule has 3 aromatic carbocycles. The Bertz CT molecular complexity index is 2000. The minimum absolute atomic E-state index is 0.0177. The Labute approximate surface area is 252 Å². The van der Waals surface area contributed by atoms with Gasteiger partial charge in [0.05, 0.1) is 34.5 Å². The summed E-state index contributed by atoms with van der Waals surface area (Å²) in [6.45, 7) is 4.89. The number of hydrogen-bond donors (Lipinski definition) is 1. The molecule has 1 N–H and O–H groups in total. The molecule has 10 heteroatoms. The van der Waals surface area contributed by atoms with Crippen molar-refractivity contribution < 1.29 is 23.4 Å². The minimum atomic E-state index is -1.04. The van der Waals surface area contributed by atoms with E-state index in [1.54, 1.807) is 54.7 Å². The van der Waals surface area contributed by atoms with Crippen LogP contribution in [0.15, 0.2) is 85.1 Å². The standard InChI is InChI=1S/C34H29F2N5O3/c1-3-41-26(13-14-37-41)19-40-31-17-24(34(42)43)11-12-30(31)38-32(40)18-22-9-10-23(16-28(22)36)29-5-4-6-33(39-29)44-20-25-8-7-21(2)15-27(25)35/h4-17H,3,18-20H2,1-2H3,(H,42,43). The summed E-state index contributed by atoms with van der Waals surface area (Å²) >= 11 is 0. The molecule has 0 aliphatic heterocycles. The van der Waals surface area contributed by atoms with Crippen LogP contribution >= 0.6 is 0 Å². The van der Waals surface area contributed by atoms with Crippen molar-refractivity contribution in [2.75, 3.05) is 0 Å². The maximum Gasteiger partial charge on any atom is 0.335 e. The molecular weight excluding hydrogens is 564 g/mol. The van der Waals surface area contributed by atoms with E-state index in [0.717, 1.165) is 11.3 Å². The Morgan fingerprint density at radius 2 is 1.75 bits per heavy atom. The summed E-state index contributed by atoms with van der Waals surface area (Å²) in [6, 6.07) is 21.7. The normalized spacial score (nSPS) is 11.3. The average molecular weight is 594 g/mol.